The van der Waals surface area contributed by atoms with Gasteiger partial charge in [0.15, 0.2) is 6.61 Å². The number of benzene rings is 1. The van der Waals surface area contributed by atoms with Crippen molar-refractivity contribution in [3.63, 3.8) is 0 Å². The first kappa shape index (κ1) is 17.7. The molecule has 1 aromatic rings. The summed E-state index contributed by atoms with van der Waals surface area (Å²) in [4.78, 5) is 23.3. The Balaban J connectivity index is 1.79. The van der Waals surface area contributed by atoms with Gasteiger partial charge in [-0.2, -0.15) is 13.2 Å². The standard InChI is InChI=1S/C15H16F3NO3S/c1-9(10-2-3-10)19-13(20)8-22-14(21)11-4-6-12(7-5-11)23-15(16,17)18/h4-7,9-10H,2-3,8H2,1H3,(H,19,20)/t9-/m0/s1. The van der Waals surface area contributed by atoms with Crippen LogP contribution in [-0.2, 0) is 9.53 Å². The molecule has 1 N–H and O–H groups in total. The van der Waals surface area contributed by atoms with E-state index in [1.165, 1.54) is 24.3 Å². The highest BCUT2D eigenvalue weighted by Gasteiger charge is 2.30. The second kappa shape index (κ2) is 7.25. The fourth-order valence-corrected chi connectivity index (χ4v) is 2.56. The van der Waals surface area contributed by atoms with E-state index < -0.39 is 18.1 Å². The molecular formula is C15H16F3NO3S. The Kier molecular flexibility index (Phi) is 5.56. The van der Waals surface area contributed by atoms with E-state index in [-0.39, 0.29) is 34.2 Å². The lowest BCUT2D eigenvalue weighted by molar-refractivity contribution is -0.125. The van der Waals surface area contributed by atoms with Crippen molar-refractivity contribution in [3.8, 4) is 0 Å². The molecule has 4 nitrogen and oxygen atoms in total. The summed E-state index contributed by atoms with van der Waals surface area (Å²) in [6, 6.07) is 4.90. The van der Waals surface area contributed by atoms with E-state index in [9.17, 15) is 22.8 Å². The highest BCUT2D eigenvalue weighted by molar-refractivity contribution is 8.00. The Morgan fingerprint density at radius 3 is 2.43 bits per heavy atom. The number of amides is 1. The second-order valence-corrected chi connectivity index (χ2v) is 6.48. The van der Waals surface area contributed by atoms with E-state index in [4.69, 9.17) is 4.74 Å². The lowest BCUT2D eigenvalue weighted by atomic mass is 10.2. The minimum Gasteiger partial charge on any atom is -0.452 e. The monoisotopic (exact) mass is 347 g/mol. The quantitative estimate of drug-likeness (QED) is 0.633. The summed E-state index contributed by atoms with van der Waals surface area (Å²) in [7, 11) is 0. The van der Waals surface area contributed by atoms with Gasteiger partial charge in [-0.3, -0.25) is 4.79 Å². The average Bonchev–Trinajstić information content (AvgIpc) is 3.28. The number of carbonyl (C=O) groups is 2. The molecule has 0 unspecified atom stereocenters. The number of alkyl halides is 3. The van der Waals surface area contributed by atoms with Crippen LogP contribution in [0.25, 0.3) is 0 Å². The largest absolute Gasteiger partial charge is 0.452 e. The number of esters is 1. The minimum atomic E-state index is -4.38. The topological polar surface area (TPSA) is 55.4 Å². The number of hydrogen-bond acceptors (Lipinski definition) is 4. The summed E-state index contributed by atoms with van der Waals surface area (Å²) in [5, 5.41) is 2.74. The summed E-state index contributed by atoms with van der Waals surface area (Å²) in [5.74, 6) is -0.641. The van der Waals surface area contributed by atoms with Crippen molar-refractivity contribution >= 4 is 23.6 Å². The van der Waals surface area contributed by atoms with Crippen molar-refractivity contribution in [2.75, 3.05) is 6.61 Å². The summed E-state index contributed by atoms with van der Waals surface area (Å²) in [5.41, 5.74) is -4.28. The summed E-state index contributed by atoms with van der Waals surface area (Å²) in [6.07, 6.45) is 2.17. The predicted octanol–water partition coefficient (Wildman–Crippen LogP) is 3.37. The lowest BCUT2D eigenvalue weighted by Gasteiger charge is -2.12. The van der Waals surface area contributed by atoms with Gasteiger partial charge >= 0.3 is 11.5 Å². The molecule has 23 heavy (non-hydrogen) atoms. The number of thioether (sulfide) groups is 1. The maximum atomic E-state index is 12.2. The van der Waals surface area contributed by atoms with Gasteiger partial charge in [0, 0.05) is 10.9 Å². The molecule has 1 saturated carbocycles. The van der Waals surface area contributed by atoms with Gasteiger partial charge < -0.3 is 10.1 Å². The van der Waals surface area contributed by atoms with Crippen LogP contribution >= 0.6 is 11.8 Å². The van der Waals surface area contributed by atoms with Crippen molar-refractivity contribution in [1.29, 1.82) is 0 Å². The molecular weight excluding hydrogens is 331 g/mol. The van der Waals surface area contributed by atoms with Crippen LogP contribution in [0.15, 0.2) is 29.2 Å². The van der Waals surface area contributed by atoms with E-state index in [0.29, 0.717) is 5.92 Å². The molecule has 8 heteroatoms. The lowest BCUT2D eigenvalue weighted by Crippen LogP contribution is -2.37. The third-order valence-corrected chi connectivity index (χ3v) is 4.12. The Hall–Kier alpha value is -1.70. The second-order valence-electron chi connectivity index (χ2n) is 5.34. The molecule has 0 heterocycles. The van der Waals surface area contributed by atoms with Gasteiger partial charge in [-0.1, -0.05) is 0 Å². The molecule has 1 aliphatic carbocycles. The molecule has 0 aromatic heterocycles. The average molecular weight is 347 g/mol. The molecule has 0 aliphatic heterocycles. The van der Waals surface area contributed by atoms with Crippen LogP contribution in [0, 0.1) is 5.92 Å². The van der Waals surface area contributed by atoms with Crippen LogP contribution in [0.3, 0.4) is 0 Å². The van der Waals surface area contributed by atoms with Crippen molar-refractivity contribution < 1.29 is 27.5 Å². The third-order valence-electron chi connectivity index (χ3n) is 3.38. The molecule has 1 atom stereocenters. The molecule has 0 saturated heterocycles. The highest BCUT2D eigenvalue weighted by Crippen LogP contribution is 2.36. The third kappa shape index (κ3) is 6.13. The molecule has 1 amide bonds. The van der Waals surface area contributed by atoms with Crippen molar-refractivity contribution in [3.05, 3.63) is 29.8 Å². The highest BCUT2D eigenvalue weighted by atomic mass is 32.2. The SMILES string of the molecule is C[C@H](NC(=O)COC(=O)c1ccc(SC(F)(F)F)cc1)C1CC1. The predicted molar refractivity (Wildman–Crippen MR) is 79.0 cm³/mol. The number of nitrogens with one attached hydrogen (secondary N) is 1. The normalized spacial score (nSPS) is 15.8. The van der Waals surface area contributed by atoms with Gasteiger partial charge in [-0.15, -0.1) is 0 Å². The fraction of sp³-hybridized carbons (Fsp3) is 0.467. The first-order valence-electron chi connectivity index (χ1n) is 7.07. The number of halogens is 3. The van der Waals surface area contributed by atoms with Gasteiger partial charge in [0.2, 0.25) is 0 Å². The van der Waals surface area contributed by atoms with E-state index >= 15 is 0 Å². The van der Waals surface area contributed by atoms with E-state index in [0.717, 1.165) is 12.8 Å². The number of carbonyl (C=O) groups excluding carboxylic acids is 2. The molecule has 1 aliphatic rings. The molecule has 0 bridgehead atoms. The van der Waals surface area contributed by atoms with Crippen molar-refractivity contribution in [2.45, 2.75) is 36.2 Å². The van der Waals surface area contributed by atoms with Gasteiger partial charge in [-0.25, -0.2) is 4.79 Å². The van der Waals surface area contributed by atoms with Crippen LogP contribution in [-0.4, -0.2) is 30.0 Å². The Labute approximate surface area is 135 Å². The first-order valence-corrected chi connectivity index (χ1v) is 7.88. The van der Waals surface area contributed by atoms with Gasteiger partial charge in [0.1, 0.15) is 0 Å². The van der Waals surface area contributed by atoms with Crippen molar-refractivity contribution in [1.82, 2.24) is 5.32 Å². The zero-order valence-electron chi connectivity index (χ0n) is 12.4. The van der Waals surface area contributed by atoms with E-state index in [2.05, 4.69) is 5.32 Å². The molecule has 0 radical (unpaired) electrons. The Morgan fingerprint density at radius 2 is 1.91 bits per heavy atom. The van der Waals surface area contributed by atoms with Crippen molar-refractivity contribution in [2.24, 2.45) is 5.92 Å². The van der Waals surface area contributed by atoms with Gasteiger partial charge in [0.05, 0.1) is 5.56 Å². The number of hydrogen-bond donors (Lipinski definition) is 1. The Bertz CT molecular complexity index is 570. The smallest absolute Gasteiger partial charge is 0.446 e. The summed E-state index contributed by atoms with van der Waals surface area (Å²) >= 11 is -0.261. The van der Waals surface area contributed by atoms with Crippen LogP contribution in [0.5, 0.6) is 0 Å². The maximum absolute atomic E-state index is 12.2. The summed E-state index contributed by atoms with van der Waals surface area (Å²) in [6.45, 7) is 1.49. The Morgan fingerprint density at radius 1 is 1.30 bits per heavy atom. The maximum Gasteiger partial charge on any atom is 0.446 e. The molecule has 126 valence electrons. The van der Waals surface area contributed by atoms with E-state index in [1.807, 2.05) is 6.92 Å². The van der Waals surface area contributed by atoms with E-state index in [1.54, 1.807) is 0 Å². The zero-order valence-corrected chi connectivity index (χ0v) is 13.2. The number of ether oxygens (including phenoxy) is 1. The minimum absolute atomic E-state index is 0.0231. The van der Waals surface area contributed by atoms with Crippen LogP contribution in [0.1, 0.15) is 30.1 Å². The van der Waals surface area contributed by atoms with Gasteiger partial charge in [-0.05, 0) is 61.7 Å². The van der Waals surface area contributed by atoms with Crippen LogP contribution in [0.2, 0.25) is 0 Å². The molecule has 0 spiro atoms. The first-order chi connectivity index (χ1) is 10.7. The van der Waals surface area contributed by atoms with Crippen LogP contribution < -0.4 is 5.32 Å². The summed E-state index contributed by atoms with van der Waals surface area (Å²) < 4.78 is 41.5. The van der Waals surface area contributed by atoms with Crippen LogP contribution in [0.4, 0.5) is 13.2 Å². The van der Waals surface area contributed by atoms with Gasteiger partial charge in [0.25, 0.3) is 5.91 Å². The fourth-order valence-electron chi connectivity index (χ4n) is 2.02. The molecule has 1 fully saturated rings. The zero-order chi connectivity index (χ0) is 17.0. The molecule has 1 aromatic carbocycles. The molecule has 2 rings (SSSR count). The number of rotatable bonds is 6.